The molecule has 0 radical (unpaired) electrons. The van der Waals surface area contributed by atoms with Gasteiger partial charge in [-0.3, -0.25) is 9.59 Å². The summed E-state index contributed by atoms with van der Waals surface area (Å²) >= 11 is 0. The third-order valence-electron chi connectivity index (χ3n) is 4.98. The first-order chi connectivity index (χ1) is 17.9. The van der Waals surface area contributed by atoms with Gasteiger partial charge >= 0.3 is 6.36 Å². The van der Waals surface area contributed by atoms with E-state index in [1.54, 1.807) is 18.2 Å². The van der Waals surface area contributed by atoms with Gasteiger partial charge in [-0.25, -0.2) is 13.8 Å². The molecule has 38 heavy (non-hydrogen) atoms. The first kappa shape index (κ1) is 28.1. The van der Waals surface area contributed by atoms with Crippen LogP contribution in [0.25, 0.3) is 11.6 Å². The second kappa shape index (κ2) is 12.2. The van der Waals surface area contributed by atoms with E-state index in [1.165, 1.54) is 25.3 Å². The number of H-pyrrole nitrogens is 1. The van der Waals surface area contributed by atoms with Crippen molar-refractivity contribution >= 4 is 29.3 Å². The third-order valence-corrected chi connectivity index (χ3v) is 4.98. The number of halogens is 5. The van der Waals surface area contributed by atoms with Crippen molar-refractivity contribution in [2.24, 2.45) is 0 Å². The van der Waals surface area contributed by atoms with Crippen molar-refractivity contribution in [1.29, 1.82) is 0 Å². The van der Waals surface area contributed by atoms with Crippen LogP contribution in [0.3, 0.4) is 0 Å². The summed E-state index contributed by atoms with van der Waals surface area (Å²) < 4.78 is 69.9. The highest BCUT2D eigenvalue weighted by atomic mass is 19.4. The fraction of sp³-hybridized carbons (Fsp3) is 0.192. The molecule has 0 unspecified atom stereocenters. The van der Waals surface area contributed by atoms with Crippen LogP contribution >= 0.6 is 0 Å². The minimum atomic E-state index is -4.95. The highest BCUT2D eigenvalue weighted by Crippen LogP contribution is 2.25. The monoisotopic (exact) mass is 534 g/mol. The van der Waals surface area contributed by atoms with E-state index in [4.69, 9.17) is 0 Å². The molecule has 3 rings (SSSR count). The molecule has 2 amide bonds. The second-order valence-electron chi connectivity index (χ2n) is 7.94. The molecule has 7 nitrogen and oxygen atoms in total. The maximum Gasteiger partial charge on any atom is 0.573 e. The number of carbonyl (C=O) groups excluding carboxylic acids is 2. The Labute approximate surface area is 214 Å². The molecule has 12 heteroatoms. The molecule has 0 aliphatic carbocycles. The van der Waals surface area contributed by atoms with Crippen molar-refractivity contribution in [3.63, 3.8) is 0 Å². The highest BCUT2D eigenvalue weighted by molar-refractivity contribution is 5.95. The molecule has 0 saturated carbocycles. The van der Waals surface area contributed by atoms with Gasteiger partial charge in [0.2, 0.25) is 5.91 Å². The predicted octanol–water partition coefficient (Wildman–Crippen LogP) is 5.98. The summed E-state index contributed by atoms with van der Waals surface area (Å²) in [6.45, 7) is 2.76. The van der Waals surface area contributed by atoms with E-state index in [0.29, 0.717) is 23.6 Å². The van der Waals surface area contributed by atoms with Gasteiger partial charge in [0.1, 0.15) is 29.0 Å². The quantitative estimate of drug-likeness (QED) is 0.232. The molecule has 0 spiro atoms. The molecule has 0 fully saturated rings. The standard InChI is InChI=1S/C26H23F5N4O3/c1-3-4-16(6-10-23-32-14-24(35-23)34-15(2)36)20-12-17(5-8-22(20)28)25(37)33-13-18-11-19(7-9-21(18)27)38-26(29,30)31/h4-12,14H,3,13H2,1-2H3,(H,32,35)(H,33,37)(H,34,36)/b10-6-,16-4-. The van der Waals surface area contributed by atoms with E-state index < -0.39 is 36.2 Å². The minimum Gasteiger partial charge on any atom is -0.406 e. The Morgan fingerprint density at radius 1 is 1.11 bits per heavy atom. The number of amides is 2. The largest absolute Gasteiger partial charge is 0.573 e. The number of rotatable bonds is 9. The van der Waals surface area contributed by atoms with Crippen LogP contribution in [0.2, 0.25) is 0 Å². The van der Waals surface area contributed by atoms with Gasteiger partial charge in [-0.15, -0.1) is 13.2 Å². The molecule has 3 N–H and O–H groups in total. The lowest BCUT2D eigenvalue weighted by Gasteiger charge is -2.12. The molecule has 3 aromatic rings. The van der Waals surface area contributed by atoms with Gasteiger partial charge in [0.05, 0.1) is 6.20 Å². The number of ether oxygens (including phenoxy) is 1. The van der Waals surface area contributed by atoms with E-state index in [0.717, 1.165) is 24.3 Å². The Kier molecular flexibility index (Phi) is 9.00. The average Bonchev–Trinajstić information content (AvgIpc) is 3.28. The predicted molar refractivity (Wildman–Crippen MR) is 131 cm³/mol. The molecule has 0 aliphatic rings. The zero-order valence-corrected chi connectivity index (χ0v) is 20.2. The number of hydrogen-bond acceptors (Lipinski definition) is 4. The Morgan fingerprint density at radius 3 is 2.53 bits per heavy atom. The Balaban J connectivity index is 1.77. The summed E-state index contributed by atoms with van der Waals surface area (Å²) in [5.74, 6) is -2.27. The van der Waals surface area contributed by atoms with Gasteiger partial charge in [-0.2, -0.15) is 0 Å². The molecule has 200 valence electrons. The number of alkyl halides is 3. The Hall–Kier alpha value is -4.48. The van der Waals surface area contributed by atoms with Crippen LogP contribution in [0.15, 0.2) is 54.7 Å². The van der Waals surface area contributed by atoms with Crippen molar-refractivity contribution in [3.8, 4) is 5.75 Å². The van der Waals surface area contributed by atoms with Gasteiger partial charge in [-0.1, -0.05) is 19.1 Å². The van der Waals surface area contributed by atoms with Crippen LogP contribution in [-0.2, 0) is 11.3 Å². The number of imidazole rings is 1. The molecular weight excluding hydrogens is 511 g/mol. The summed E-state index contributed by atoms with van der Waals surface area (Å²) in [4.78, 5) is 30.8. The fourth-order valence-electron chi connectivity index (χ4n) is 3.38. The number of aromatic amines is 1. The minimum absolute atomic E-state index is 0.0471. The number of anilines is 1. The van der Waals surface area contributed by atoms with Crippen molar-refractivity contribution in [3.05, 3.63) is 88.9 Å². The second-order valence-corrected chi connectivity index (χ2v) is 7.94. The first-order valence-electron chi connectivity index (χ1n) is 11.3. The molecule has 0 bridgehead atoms. The molecule has 1 aromatic heterocycles. The van der Waals surface area contributed by atoms with Gasteiger partial charge in [-0.05, 0) is 54.5 Å². The summed E-state index contributed by atoms with van der Waals surface area (Å²) in [6.07, 6.45) is 1.89. The number of carbonyl (C=O) groups is 2. The molecule has 0 atom stereocenters. The van der Waals surface area contributed by atoms with Gasteiger partial charge in [0.15, 0.2) is 0 Å². The number of nitrogens with one attached hydrogen (secondary N) is 3. The zero-order valence-electron chi connectivity index (χ0n) is 20.2. The number of allylic oxidation sites excluding steroid dienone is 3. The summed E-state index contributed by atoms with van der Waals surface area (Å²) in [6, 6.07) is 6.08. The van der Waals surface area contributed by atoms with Crippen molar-refractivity contribution in [1.82, 2.24) is 15.3 Å². The van der Waals surface area contributed by atoms with Crippen LogP contribution in [0.1, 0.15) is 47.6 Å². The highest BCUT2D eigenvalue weighted by Gasteiger charge is 2.31. The van der Waals surface area contributed by atoms with Crippen molar-refractivity contribution < 1.29 is 36.3 Å². The molecule has 0 saturated heterocycles. The maximum absolute atomic E-state index is 14.7. The molecular formula is C26H23F5N4O3. The molecule has 2 aromatic carbocycles. The SMILES string of the molecule is CC/C=C(/C=C\c1ncc(NC(C)=O)[nH]1)c1cc(C(=O)NCc2cc(OC(F)(F)F)ccc2F)ccc1F. The lowest BCUT2D eigenvalue weighted by atomic mass is 10.0. The van der Waals surface area contributed by atoms with Crippen LogP contribution in [0.5, 0.6) is 5.75 Å². The van der Waals surface area contributed by atoms with E-state index in [-0.39, 0.29) is 22.6 Å². The van der Waals surface area contributed by atoms with Gasteiger partial charge < -0.3 is 20.4 Å². The first-order valence-corrected chi connectivity index (χ1v) is 11.3. The van der Waals surface area contributed by atoms with E-state index in [2.05, 4.69) is 25.3 Å². The van der Waals surface area contributed by atoms with Crippen LogP contribution < -0.4 is 15.4 Å². The van der Waals surface area contributed by atoms with Gasteiger partial charge in [0.25, 0.3) is 5.91 Å². The summed E-state index contributed by atoms with van der Waals surface area (Å²) in [5.41, 5.74) is 0.371. The van der Waals surface area contributed by atoms with E-state index in [9.17, 15) is 31.5 Å². The van der Waals surface area contributed by atoms with Gasteiger partial charge in [0, 0.05) is 30.2 Å². The smallest absolute Gasteiger partial charge is 0.406 e. The van der Waals surface area contributed by atoms with E-state index >= 15 is 0 Å². The average molecular weight is 534 g/mol. The number of aromatic nitrogens is 2. The van der Waals surface area contributed by atoms with Crippen molar-refractivity contribution in [2.75, 3.05) is 5.32 Å². The lowest BCUT2D eigenvalue weighted by molar-refractivity contribution is -0.274. The van der Waals surface area contributed by atoms with Crippen LogP contribution in [-0.4, -0.2) is 28.1 Å². The Bertz CT molecular complexity index is 1380. The number of hydrogen-bond donors (Lipinski definition) is 3. The van der Waals surface area contributed by atoms with Crippen molar-refractivity contribution in [2.45, 2.75) is 33.2 Å². The maximum atomic E-state index is 14.7. The summed E-state index contributed by atoms with van der Waals surface area (Å²) in [5, 5.41) is 4.96. The normalized spacial score (nSPS) is 12.0. The van der Waals surface area contributed by atoms with E-state index in [1.807, 2.05) is 6.92 Å². The third kappa shape index (κ3) is 8.02. The van der Waals surface area contributed by atoms with Crippen LogP contribution in [0.4, 0.5) is 27.8 Å². The number of nitrogens with zero attached hydrogens (tertiary/aromatic N) is 1. The molecule has 0 aliphatic heterocycles. The topological polar surface area (TPSA) is 96.1 Å². The molecule has 1 heterocycles. The number of benzene rings is 2. The fourth-order valence-corrected chi connectivity index (χ4v) is 3.38. The Morgan fingerprint density at radius 2 is 1.84 bits per heavy atom. The lowest BCUT2D eigenvalue weighted by Crippen LogP contribution is -2.24. The summed E-state index contributed by atoms with van der Waals surface area (Å²) in [7, 11) is 0. The van der Waals surface area contributed by atoms with Crippen LogP contribution in [0, 0.1) is 11.6 Å². The zero-order chi connectivity index (χ0) is 27.9.